The quantitative estimate of drug-likeness (QED) is 0.779. The van der Waals surface area contributed by atoms with Crippen LogP contribution in [-0.2, 0) is 11.3 Å². The minimum Gasteiger partial charge on any atom is -0.379 e. The first-order valence-corrected chi connectivity index (χ1v) is 6.65. The van der Waals surface area contributed by atoms with Crippen LogP contribution < -0.4 is 5.32 Å². The van der Waals surface area contributed by atoms with Gasteiger partial charge in [-0.15, -0.1) is 0 Å². The van der Waals surface area contributed by atoms with Crippen LogP contribution in [0.5, 0.6) is 0 Å². The molecule has 4 heteroatoms. The molecule has 1 aromatic rings. The van der Waals surface area contributed by atoms with Crippen LogP contribution in [-0.4, -0.2) is 19.3 Å². The van der Waals surface area contributed by atoms with Crippen LogP contribution in [0.15, 0.2) is 22.7 Å². The average molecular weight is 304 g/mol. The van der Waals surface area contributed by atoms with Crippen molar-refractivity contribution in [3.63, 3.8) is 0 Å². The SMILES string of the molecule is CC(C)OCCCNCc1ccc(F)c(Br)c1. The summed E-state index contributed by atoms with van der Waals surface area (Å²) < 4.78 is 18.9. The van der Waals surface area contributed by atoms with Crippen molar-refractivity contribution in [3.8, 4) is 0 Å². The van der Waals surface area contributed by atoms with Crippen LogP contribution >= 0.6 is 15.9 Å². The van der Waals surface area contributed by atoms with Gasteiger partial charge in [0.25, 0.3) is 0 Å². The van der Waals surface area contributed by atoms with Crippen molar-refractivity contribution in [2.75, 3.05) is 13.2 Å². The Morgan fingerprint density at radius 2 is 2.18 bits per heavy atom. The summed E-state index contributed by atoms with van der Waals surface area (Å²) >= 11 is 3.17. The molecule has 0 atom stereocenters. The number of nitrogens with one attached hydrogen (secondary N) is 1. The highest BCUT2D eigenvalue weighted by Crippen LogP contribution is 2.16. The Morgan fingerprint density at radius 1 is 1.41 bits per heavy atom. The molecular weight excluding hydrogens is 285 g/mol. The Balaban J connectivity index is 2.16. The summed E-state index contributed by atoms with van der Waals surface area (Å²) in [6.07, 6.45) is 1.28. The standard InChI is InChI=1S/C13H19BrFNO/c1-10(2)17-7-3-6-16-9-11-4-5-13(15)12(14)8-11/h4-5,8,10,16H,3,6-7,9H2,1-2H3. The highest BCUT2D eigenvalue weighted by molar-refractivity contribution is 9.10. The fraction of sp³-hybridized carbons (Fsp3) is 0.538. The lowest BCUT2D eigenvalue weighted by Gasteiger charge is -2.08. The Kier molecular flexibility index (Phi) is 6.70. The van der Waals surface area contributed by atoms with Crippen LogP contribution in [0.25, 0.3) is 0 Å². The van der Waals surface area contributed by atoms with Gasteiger partial charge in [0.1, 0.15) is 5.82 Å². The second-order valence-electron chi connectivity index (χ2n) is 4.20. The summed E-state index contributed by atoms with van der Waals surface area (Å²) in [5.74, 6) is -0.223. The van der Waals surface area contributed by atoms with E-state index in [4.69, 9.17) is 4.74 Å². The van der Waals surface area contributed by atoms with Gasteiger partial charge in [-0.25, -0.2) is 4.39 Å². The van der Waals surface area contributed by atoms with Crippen molar-refractivity contribution >= 4 is 15.9 Å². The van der Waals surface area contributed by atoms with Crippen LogP contribution in [0, 0.1) is 5.82 Å². The maximum absolute atomic E-state index is 13.0. The predicted octanol–water partition coefficient (Wildman–Crippen LogP) is 3.49. The predicted molar refractivity (Wildman–Crippen MR) is 71.5 cm³/mol. The van der Waals surface area contributed by atoms with E-state index in [0.29, 0.717) is 10.6 Å². The van der Waals surface area contributed by atoms with Crippen molar-refractivity contribution < 1.29 is 9.13 Å². The summed E-state index contributed by atoms with van der Waals surface area (Å²) in [6.45, 7) is 6.49. The molecule has 0 heterocycles. The first kappa shape index (κ1) is 14.6. The van der Waals surface area contributed by atoms with Gasteiger partial charge in [-0.1, -0.05) is 6.07 Å². The van der Waals surface area contributed by atoms with E-state index < -0.39 is 0 Å². The average Bonchev–Trinajstić information content (AvgIpc) is 2.27. The molecule has 1 rings (SSSR count). The van der Waals surface area contributed by atoms with Crippen molar-refractivity contribution in [2.45, 2.75) is 32.9 Å². The molecule has 0 spiro atoms. The first-order chi connectivity index (χ1) is 8.09. The molecule has 0 saturated carbocycles. The molecule has 0 aromatic heterocycles. The molecule has 1 aromatic carbocycles. The zero-order valence-corrected chi connectivity index (χ0v) is 11.9. The van der Waals surface area contributed by atoms with Crippen LogP contribution in [0.1, 0.15) is 25.8 Å². The molecule has 96 valence electrons. The van der Waals surface area contributed by atoms with Gasteiger partial charge < -0.3 is 10.1 Å². The lowest BCUT2D eigenvalue weighted by molar-refractivity contribution is 0.0770. The maximum atomic E-state index is 13.0. The molecule has 0 aliphatic rings. The Morgan fingerprint density at radius 3 is 2.82 bits per heavy atom. The highest BCUT2D eigenvalue weighted by Gasteiger charge is 2.00. The smallest absolute Gasteiger partial charge is 0.137 e. The summed E-state index contributed by atoms with van der Waals surface area (Å²) in [7, 11) is 0. The van der Waals surface area contributed by atoms with Gasteiger partial charge in [-0.3, -0.25) is 0 Å². The second-order valence-corrected chi connectivity index (χ2v) is 5.05. The molecule has 0 fully saturated rings. The summed E-state index contributed by atoms with van der Waals surface area (Å²) in [5, 5.41) is 3.30. The van der Waals surface area contributed by atoms with E-state index in [9.17, 15) is 4.39 Å². The van der Waals surface area contributed by atoms with Crippen molar-refractivity contribution in [3.05, 3.63) is 34.1 Å². The largest absolute Gasteiger partial charge is 0.379 e. The lowest BCUT2D eigenvalue weighted by Crippen LogP contribution is -2.17. The Bertz CT molecular complexity index is 344. The van der Waals surface area contributed by atoms with E-state index in [-0.39, 0.29) is 5.82 Å². The normalized spacial score (nSPS) is 11.1. The number of halogens is 2. The molecule has 17 heavy (non-hydrogen) atoms. The molecule has 0 unspecified atom stereocenters. The molecule has 2 nitrogen and oxygen atoms in total. The molecule has 0 amide bonds. The number of rotatable bonds is 7. The minimum atomic E-state index is -0.223. The van der Waals surface area contributed by atoms with Crippen molar-refractivity contribution in [1.29, 1.82) is 0 Å². The third-order valence-electron chi connectivity index (χ3n) is 2.26. The molecule has 0 saturated heterocycles. The Hall–Kier alpha value is -0.450. The lowest BCUT2D eigenvalue weighted by atomic mass is 10.2. The van der Waals surface area contributed by atoms with E-state index in [1.165, 1.54) is 6.07 Å². The molecule has 0 radical (unpaired) electrons. The van der Waals surface area contributed by atoms with Gasteiger partial charge in [0.15, 0.2) is 0 Å². The van der Waals surface area contributed by atoms with Gasteiger partial charge in [-0.2, -0.15) is 0 Å². The monoisotopic (exact) mass is 303 g/mol. The number of benzene rings is 1. The number of hydrogen-bond donors (Lipinski definition) is 1. The second kappa shape index (κ2) is 7.80. The third-order valence-corrected chi connectivity index (χ3v) is 2.87. The van der Waals surface area contributed by atoms with E-state index in [1.807, 2.05) is 13.8 Å². The van der Waals surface area contributed by atoms with E-state index >= 15 is 0 Å². The maximum Gasteiger partial charge on any atom is 0.137 e. The molecular formula is C13H19BrFNO. The van der Waals surface area contributed by atoms with Crippen molar-refractivity contribution in [2.24, 2.45) is 0 Å². The first-order valence-electron chi connectivity index (χ1n) is 5.86. The van der Waals surface area contributed by atoms with E-state index in [1.54, 1.807) is 12.1 Å². The van der Waals surface area contributed by atoms with Crippen LogP contribution in [0.3, 0.4) is 0 Å². The Labute approximate surface area is 111 Å². The van der Waals surface area contributed by atoms with E-state index in [2.05, 4.69) is 21.2 Å². The number of ether oxygens (including phenoxy) is 1. The van der Waals surface area contributed by atoms with E-state index in [0.717, 1.165) is 31.7 Å². The number of hydrogen-bond acceptors (Lipinski definition) is 2. The van der Waals surface area contributed by atoms with Crippen LogP contribution in [0.4, 0.5) is 4.39 Å². The molecule has 0 aliphatic heterocycles. The minimum absolute atomic E-state index is 0.223. The van der Waals surface area contributed by atoms with Gasteiger partial charge >= 0.3 is 0 Å². The summed E-state index contributed by atoms with van der Waals surface area (Å²) in [4.78, 5) is 0. The highest BCUT2D eigenvalue weighted by atomic mass is 79.9. The zero-order valence-electron chi connectivity index (χ0n) is 10.3. The zero-order chi connectivity index (χ0) is 12.7. The summed E-state index contributed by atoms with van der Waals surface area (Å²) in [6, 6.07) is 5.06. The van der Waals surface area contributed by atoms with Crippen molar-refractivity contribution in [1.82, 2.24) is 5.32 Å². The fourth-order valence-electron chi connectivity index (χ4n) is 1.40. The van der Waals surface area contributed by atoms with Gasteiger partial charge in [0.2, 0.25) is 0 Å². The molecule has 1 N–H and O–H groups in total. The van der Waals surface area contributed by atoms with Gasteiger partial charge in [-0.05, 0) is 60.4 Å². The topological polar surface area (TPSA) is 21.3 Å². The molecule has 0 bridgehead atoms. The van der Waals surface area contributed by atoms with Crippen LogP contribution in [0.2, 0.25) is 0 Å². The summed E-state index contributed by atoms with van der Waals surface area (Å²) in [5.41, 5.74) is 1.07. The third kappa shape index (κ3) is 6.15. The van der Waals surface area contributed by atoms with Gasteiger partial charge in [0.05, 0.1) is 10.6 Å². The fourth-order valence-corrected chi connectivity index (χ4v) is 1.82. The molecule has 0 aliphatic carbocycles. The van der Waals surface area contributed by atoms with Gasteiger partial charge in [0, 0.05) is 13.2 Å².